The molecule has 2 N–H and O–H groups in total. The number of hydrogen-bond donors (Lipinski definition) is 2. The van der Waals surface area contributed by atoms with Crippen LogP contribution in [0.4, 0.5) is 10.1 Å². The first-order valence-electron chi connectivity index (χ1n) is 5.68. The van der Waals surface area contributed by atoms with Gasteiger partial charge in [0.1, 0.15) is 5.82 Å². The number of aromatic carboxylic acids is 1. The van der Waals surface area contributed by atoms with Gasteiger partial charge in [0.25, 0.3) is 0 Å². The van der Waals surface area contributed by atoms with Crippen LogP contribution in [-0.2, 0) is 6.54 Å². The van der Waals surface area contributed by atoms with E-state index in [1.165, 1.54) is 24.3 Å². The molecule has 0 saturated carbocycles. The maximum Gasteiger partial charge on any atom is 0.335 e. The molecule has 0 aromatic heterocycles. The zero-order valence-corrected chi connectivity index (χ0v) is 12.5. The van der Waals surface area contributed by atoms with Gasteiger partial charge in [0, 0.05) is 11.0 Å². The monoisotopic (exact) mass is 357 g/mol. The fourth-order valence-electron chi connectivity index (χ4n) is 1.65. The van der Waals surface area contributed by atoms with Gasteiger partial charge in [-0.2, -0.15) is 0 Å². The molecule has 0 saturated heterocycles. The minimum atomic E-state index is -0.980. The molecule has 3 nitrogen and oxygen atoms in total. The second-order valence-electron chi connectivity index (χ2n) is 4.09. The summed E-state index contributed by atoms with van der Waals surface area (Å²) in [6.07, 6.45) is 0. The van der Waals surface area contributed by atoms with E-state index in [0.29, 0.717) is 21.7 Å². The quantitative estimate of drug-likeness (QED) is 0.843. The number of rotatable bonds is 4. The van der Waals surface area contributed by atoms with Gasteiger partial charge in [-0.3, -0.25) is 0 Å². The van der Waals surface area contributed by atoms with Crippen LogP contribution in [-0.4, -0.2) is 11.1 Å². The van der Waals surface area contributed by atoms with Crippen LogP contribution >= 0.6 is 27.5 Å². The second kappa shape index (κ2) is 6.24. The molecule has 2 aromatic carbocycles. The first-order chi connectivity index (χ1) is 9.47. The van der Waals surface area contributed by atoms with Gasteiger partial charge in [-0.15, -0.1) is 0 Å². The zero-order chi connectivity index (χ0) is 14.7. The van der Waals surface area contributed by atoms with Crippen molar-refractivity contribution in [1.29, 1.82) is 0 Å². The third kappa shape index (κ3) is 3.49. The highest BCUT2D eigenvalue weighted by Gasteiger charge is 2.07. The summed E-state index contributed by atoms with van der Waals surface area (Å²) in [5.74, 6) is -1.38. The summed E-state index contributed by atoms with van der Waals surface area (Å²) >= 11 is 9.23. The number of carbonyl (C=O) groups is 1. The van der Waals surface area contributed by atoms with Crippen LogP contribution < -0.4 is 5.32 Å². The Kier molecular flexibility index (Phi) is 4.62. The van der Waals surface area contributed by atoms with E-state index in [2.05, 4.69) is 21.2 Å². The van der Waals surface area contributed by atoms with Gasteiger partial charge < -0.3 is 10.4 Å². The lowest BCUT2D eigenvalue weighted by Gasteiger charge is -2.10. The van der Waals surface area contributed by atoms with Crippen LogP contribution in [0.5, 0.6) is 0 Å². The standard InChI is InChI=1S/C14H10BrClFNO2/c15-11-5-8(14(19)20)1-2-9(11)7-18-13-4-3-10(17)6-12(13)16/h1-6,18H,7H2,(H,19,20). The number of anilines is 1. The highest BCUT2D eigenvalue weighted by molar-refractivity contribution is 9.10. The molecule has 0 aliphatic rings. The number of carboxylic acid groups (broad SMARTS) is 1. The van der Waals surface area contributed by atoms with E-state index >= 15 is 0 Å². The molecule has 0 unspecified atom stereocenters. The van der Waals surface area contributed by atoms with Gasteiger partial charge in [0.15, 0.2) is 0 Å². The molecular weight excluding hydrogens is 349 g/mol. The Morgan fingerprint density at radius 3 is 2.65 bits per heavy atom. The van der Waals surface area contributed by atoms with Gasteiger partial charge in [-0.05, 0) is 35.9 Å². The summed E-state index contributed by atoms with van der Waals surface area (Å²) in [5, 5.41) is 12.2. The summed E-state index contributed by atoms with van der Waals surface area (Å²) in [5.41, 5.74) is 1.69. The van der Waals surface area contributed by atoms with Crippen LogP contribution in [0.1, 0.15) is 15.9 Å². The van der Waals surface area contributed by atoms with Gasteiger partial charge >= 0.3 is 5.97 Å². The van der Waals surface area contributed by atoms with Crippen molar-refractivity contribution in [1.82, 2.24) is 0 Å². The van der Waals surface area contributed by atoms with E-state index in [1.807, 2.05) is 0 Å². The molecule has 0 radical (unpaired) electrons. The largest absolute Gasteiger partial charge is 0.478 e. The fourth-order valence-corrected chi connectivity index (χ4v) is 2.40. The molecule has 0 aliphatic carbocycles. The van der Waals surface area contributed by atoms with E-state index in [1.54, 1.807) is 12.1 Å². The average molecular weight is 359 g/mol. The number of benzene rings is 2. The molecule has 2 rings (SSSR count). The maximum atomic E-state index is 12.9. The number of carboxylic acids is 1. The summed E-state index contributed by atoms with van der Waals surface area (Å²) in [7, 11) is 0. The van der Waals surface area contributed by atoms with Crippen LogP contribution in [0.2, 0.25) is 5.02 Å². The molecule has 0 bridgehead atoms. The second-order valence-corrected chi connectivity index (χ2v) is 5.35. The Hall–Kier alpha value is -1.59. The summed E-state index contributed by atoms with van der Waals surface area (Å²) in [6, 6.07) is 8.86. The van der Waals surface area contributed by atoms with Crippen LogP contribution in [0, 0.1) is 5.82 Å². The topological polar surface area (TPSA) is 49.3 Å². The van der Waals surface area contributed by atoms with Crippen molar-refractivity contribution in [3.63, 3.8) is 0 Å². The summed E-state index contributed by atoms with van der Waals surface area (Å²) < 4.78 is 13.6. The lowest BCUT2D eigenvalue weighted by Crippen LogP contribution is -2.03. The predicted octanol–water partition coefficient (Wildman–Crippen LogP) is 4.55. The normalized spacial score (nSPS) is 10.3. The van der Waals surface area contributed by atoms with E-state index in [0.717, 1.165) is 5.56 Å². The molecule has 0 spiro atoms. The first-order valence-corrected chi connectivity index (χ1v) is 6.85. The van der Waals surface area contributed by atoms with E-state index in [4.69, 9.17) is 16.7 Å². The van der Waals surface area contributed by atoms with E-state index < -0.39 is 11.8 Å². The maximum absolute atomic E-state index is 12.9. The molecule has 20 heavy (non-hydrogen) atoms. The molecular formula is C14H10BrClFNO2. The molecule has 0 heterocycles. The SMILES string of the molecule is O=C(O)c1ccc(CNc2ccc(F)cc2Cl)c(Br)c1. The van der Waals surface area contributed by atoms with Crippen LogP contribution in [0.15, 0.2) is 40.9 Å². The smallest absolute Gasteiger partial charge is 0.335 e. The van der Waals surface area contributed by atoms with Gasteiger partial charge in [0.05, 0.1) is 16.3 Å². The van der Waals surface area contributed by atoms with E-state index in [-0.39, 0.29) is 5.56 Å². The van der Waals surface area contributed by atoms with Crippen molar-refractivity contribution in [2.45, 2.75) is 6.54 Å². The van der Waals surface area contributed by atoms with Crippen LogP contribution in [0.25, 0.3) is 0 Å². The van der Waals surface area contributed by atoms with Crippen molar-refractivity contribution in [2.24, 2.45) is 0 Å². The number of hydrogen-bond acceptors (Lipinski definition) is 2. The van der Waals surface area contributed by atoms with Gasteiger partial charge in [-0.25, -0.2) is 9.18 Å². The Balaban J connectivity index is 2.13. The lowest BCUT2D eigenvalue weighted by molar-refractivity contribution is 0.0697. The Morgan fingerprint density at radius 2 is 2.05 bits per heavy atom. The molecule has 0 aliphatic heterocycles. The predicted molar refractivity (Wildman–Crippen MR) is 79.8 cm³/mol. The number of halogens is 3. The molecule has 0 amide bonds. The molecule has 2 aromatic rings. The third-order valence-corrected chi connectivity index (χ3v) is 3.75. The van der Waals surface area contributed by atoms with Crippen molar-refractivity contribution < 1.29 is 14.3 Å². The zero-order valence-electron chi connectivity index (χ0n) is 10.2. The number of nitrogens with one attached hydrogen (secondary N) is 1. The summed E-state index contributed by atoms with van der Waals surface area (Å²) in [6.45, 7) is 0.436. The highest BCUT2D eigenvalue weighted by atomic mass is 79.9. The summed E-state index contributed by atoms with van der Waals surface area (Å²) in [4.78, 5) is 10.8. The molecule has 6 heteroatoms. The minimum absolute atomic E-state index is 0.209. The van der Waals surface area contributed by atoms with Crippen molar-refractivity contribution in [3.05, 3.63) is 62.8 Å². The first kappa shape index (κ1) is 14.8. The van der Waals surface area contributed by atoms with Crippen LogP contribution in [0.3, 0.4) is 0 Å². The fraction of sp³-hybridized carbons (Fsp3) is 0.0714. The Bertz CT molecular complexity index is 664. The van der Waals surface area contributed by atoms with Crippen molar-refractivity contribution >= 4 is 39.2 Å². The highest BCUT2D eigenvalue weighted by Crippen LogP contribution is 2.25. The van der Waals surface area contributed by atoms with E-state index in [9.17, 15) is 9.18 Å². The third-order valence-electron chi connectivity index (χ3n) is 2.70. The Morgan fingerprint density at radius 1 is 1.30 bits per heavy atom. The molecule has 0 fully saturated rings. The molecule has 0 atom stereocenters. The lowest BCUT2D eigenvalue weighted by atomic mass is 10.1. The minimum Gasteiger partial charge on any atom is -0.478 e. The average Bonchev–Trinajstić information content (AvgIpc) is 2.38. The van der Waals surface area contributed by atoms with Crippen molar-refractivity contribution in [3.8, 4) is 0 Å². The van der Waals surface area contributed by atoms with Gasteiger partial charge in [-0.1, -0.05) is 33.6 Å². The van der Waals surface area contributed by atoms with Gasteiger partial charge in [0.2, 0.25) is 0 Å². The molecule has 104 valence electrons. The Labute approximate surface area is 128 Å². The van der Waals surface area contributed by atoms with Crippen molar-refractivity contribution in [2.75, 3.05) is 5.32 Å².